The predicted molar refractivity (Wildman–Crippen MR) is 114 cm³/mol. The minimum Gasteiger partial charge on any atom is -0.506 e. The van der Waals surface area contributed by atoms with Gasteiger partial charge in [0.1, 0.15) is 16.5 Å². The molecule has 0 saturated heterocycles. The Labute approximate surface area is 186 Å². The van der Waals surface area contributed by atoms with Crippen molar-refractivity contribution in [2.75, 3.05) is 0 Å². The monoisotopic (exact) mass is 492 g/mol. The van der Waals surface area contributed by atoms with Gasteiger partial charge in [0.25, 0.3) is 10.1 Å². The Bertz CT molecular complexity index is 1210. The normalized spacial score (nSPS) is 13.8. The Kier molecular flexibility index (Phi) is 5.98. The standard InChI is InChI=1S/C19H12Cl4O5S/c20-10-5-7-15(22)13(9-10)19(29(26,27)28,11-3-1-2-4-14(11)21)12-6-8-16(24)17(23)18(12)25/h1-9,24-25H,(H,26,27,28). The molecule has 1 unspecified atom stereocenters. The fourth-order valence-electron chi connectivity index (χ4n) is 3.20. The lowest BCUT2D eigenvalue weighted by Crippen LogP contribution is -2.39. The van der Waals surface area contributed by atoms with Crippen LogP contribution in [0.1, 0.15) is 16.7 Å². The van der Waals surface area contributed by atoms with E-state index in [1.807, 2.05) is 0 Å². The van der Waals surface area contributed by atoms with E-state index >= 15 is 0 Å². The third-order valence-corrected chi connectivity index (χ3v) is 7.12. The molecule has 0 amide bonds. The number of hydrogen-bond acceptors (Lipinski definition) is 4. The molecule has 0 spiro atoms. The molecule has 0 aromatic heterocycles. The van der Waals surface area contributed by atoms with Crippen LogP contribution in [-0.2, 0) is 14.9 Å². The maximum absolute atomic E-state index is 13.0. The Morgan fingerprint density at radius 1 is 0.759 bits per heavy atom. The molecular weight excluding hydrogens is 482 g/mol. The highest BCUT2D eigenvalue weighted by Crippen LogP contribution is 2.53. The molecule has 3 aromatic rings. The van der Waals surface area contributed by atoms with Crippen molar-refractivity contribution >= 4 is 56.5 Å². The fourth-order valence-corrected chi connectivity index (χ4v) is 5.54. The van der Waals surface area contributed by atoms with Crippen LogP contribution < -0.4 is 0 Å². The smallest absolute Gasteiger partial charge is 0.283 e. The molecule has 0 heterocycles. The Hall–Kier alpha value is -1.67. The minimum atomic E-state index is -5.13. The zero-order valence-electron chi connectivity index (χ0n) is 14.3. The lowest BCUT2D eigenvalue weighted by molar-refractivity contribution is 0.431. The molecule has 3 rings (SSSR count). The van der Waals surface area contributed by atoms with Crippen molar-refractivity contribution in [3.8, 4) is 11.5 Å². The summed E-state index contributed by atoms with van der Waals surface area (Å²) in [5.74, 6) is -1.27. The number of hydrogen-bond donors (Lipinski definition) is 3. The van der Waals surface area contributed by atoms with Gasteiger partial charge in [-0.1, -0.05) is 64.6 Å². The summed E-state index contributed by atoms with van der Waals surface area (Å²) >= 11 is 24.7. The summed E-state index contributed by atoms with van der Waals surface area (Å²) in [5.41, 5.74) is -0.648. The van der Waals surface area contributed by atoms with E-state index in [4.69, 9.17) is 46.4 Å². The van der Waals surface area contributed by atoms with Gasteiger partial charge in [-0.3, -0.25) is 4.55 Å². The zero-order chi connectivity index (χ0) is 21.6. The fraction of sp³-hybridized carbons (Fsp3) is 0.0526. The first-order valence-corrected chi connectivity index (χ1v) is 10.9. The second kappa shape index (κ2) is 7.87. The predicted octanol–water partition coefficient (Wildman–Crippen LogP) is 5.89. The number of aromatic hydroxyl groups is 2. The van der Waals surface area contributed by atoms with Crippen molar-refractivity contribution in [2.45, 2.75) is 4.75 Å². The highest BCUT2D eigenvalue weighted by Gasteiger charge is 2.52. The molecule has 5 nitrogen and oxygen atoms in total. The van der Waals surface area contributed by atoms with Crippen molar-refractivity contribution in [3.63, 3.8) is 0 Å². The molecule has 0 bridgehead atoms. The number of phenols is 2. The van der Waals surface area contributed by atoms with Gasteiger partial charge >= 0.3 is 0 Å². The Balaban J connectivity index is 2.66. The van der Waals surface area contributed by atoms with E-state index in [1.165, 1.54) is 36.4 Å². The number of halogens is 4. The molecule has 0 radical (unpaired) electrons. The SMILES string of the molecule is O=S(=O)(O)C(c1ccccc1Cl)(c1cc(Cl)ccc1Cl)c1ccc(O)c(Cl)c1O. The van der Waals surface area contributed by atoms with E-state index in [1.54, 1.807) is 6.07 Å². The molecule has 10 heteroatoms. The summed E-state index contributed by atoms with van der Waals surface area (Å²) in [5, 5.41) is 20.0. The number of rotatable bonds is 4. The van der Waals surface area contributed by atoms with Gasteiger partial charge in [-0.25, -0.2) is 0 Å². The lowest BCUT2D eigenvalue weighted by atomic mass is 9.83. The van der Waals surface area contributed by atoms with Gasteiger partial charge in [0, 0.05) is 31.8 Å². The van der Waals surface area contributed by atoms with E-state index in [9.17, 15) is 23.2 Å². The van der Waals surface area contributed by atoms with Crippen LogP contribution in [0.5, 0.6) is 11.5 Å². The molecule has 3 N–H and O–H groups in total. The first kappa shape index (κ1) is 22.0. The molecule has 0 aliphatic heterocycles. The molecule has 3 aromatic carbocycles. The third-order valence-electron chi connectivity index (χ3n) is 4.42. The Morgan fingerprint density at radius 3 is 2.00 bits per heavy atom. The average Bonchev–Trinajstić information content (AvgIpc) is 2.65. The van der Waals surface area contributed by atoms with Crippen LogP contribution >= 0.6 is 46.4 Å². The highest BCUT2D eigenvalue weighted by atomic mass is 35.5. The van der Waals surface area contributed by atoms with Gasteiger partial charge in [0.15, 0.2) is 4.75 Å². The minimum absolute atomic E-state index is 0.0373. The summed E-state index contributed by atoms with van der Waals surface area (Å²) in [6.07, 6.45) is 0. The van der Waals surface area contributed by atoms with Gasteiger partial charge in [-0.05, 0) is 36.4 Å². The van der Waals surface area contributed by atoms with E-state index in [0.717, 1.165) is 12.1 Å². The van der Waals surface area contributed by atoms with E-state index in [-0.39, 0.29) is 31.8 Å². The summed E-state index contributed by atoms with van der Waals surface area (Å²) in [7, 11) is -5.13. The first-order valence-electron chi connectivity index (χ1n) is 7.90. The van der Waals surface area contributed by atoms with Gasteiger partial charge in [0.05, 0.1) is 0 Å². The van der Waals surface area contributed by atoms with Crippen LogP contribution in [0, 0.1) is 0 Å². The van der Waals surface area contributed by atoms with Crippen LogP contribution in [0.4, 0.5) is 0 Å². The van der Waals surface area contributed by atoms with Crippen molar-refractivity contribution in [2.24, 2.45) is 0 Å². The van der Waals surface area contributed by atoms with Gasteiger partial charge < -0.3 is 10.2 Å². The van der Waals surface area contributed by atoms with Crippen molar-refractivity contribution in [3.05, 3.63) is 91.4 Å². The second-order valence-electron chi connectivity index (χ2n) is 6.06. The van der Waals surface area contributed by atoms with Crippen LogP contribution in [0.15, 0.2) is 54.6 Å². The molecule has 0 aliphatic rings. The number of benzene rings is 3. The van der Waals surface area contributed by atoms with Gasteiger partial charge in [-0.2, -0.15) is 8.42 Å². The van der Waals surface area contributed by atoms with E-state index in [2.05, 4.69) is 0 Å². The molecular formula is C19H12Cl4O5S. The summed E-state index contributed by atoms with van der Waals surface area (Å²) in [6.45, 7) is 0. The molecule has 152 valence electrons. The Morgan fingerprint density at radius 2 is 1.38 bits per heavy atom. The van der Waals surface area contributed by atoms with Crippen LogP contribution in [-0.4, -0.2) is 23.2 Å². The zero-order valence-corrected chi connectivity index (χ0v) is 18.1. The third kappa shape index (κ3) is 3.54. The quantitative estimate of drug-likeness (QED) is 0.311. The summed E-state index contributed by atoms with van der Waals surface area (Å²) < 4.78 is 34.0. The van der Waals surface area contributed by atoms with E-state index in [0.29, 0.717) is 0 Å². The van der Waals surface area contributed by atoms with Crippen molar-refractivity contribution in [1.82, 2.24) is 0 Å². The highest BCUT2D eigenvalue weighted by molar-refractivity contribution is 7.87. The molecule has 0 fully saturated rings. The molecule has 0 aliphatic carbocycles. The van der Waals surface area contributed by atoms with Crippen molar-refractivity contribution in [1.29, 1.82) is 0 Å². The van der Waals surface area contributed by atoms with Gasteiger partial charge in [-0.15, -0.1) is 0 Å². The largest absolute Gasteiger partial charge is 0.506 e. The van der Waals surface area contributed by atoms with Gasteiger partial charge in [0.2, 0.25) is 0 Å². The van der Waals surface area contributed by atoms with E-state index < -0.39 is 31.4 Å². The van der Waals surface area contributed by atoms with Crippen LogP contribution in [0.25, 0.3) is 0 Å². The van der Waals surface area contributed by atoms with Crippen LogP contribution in [0.3, 0.4) is 0 Å². The summed E-state index contributed by atoms with van der Waals surface area (Å²) in [4.78, 5) is 0. The lowest BCUT2D eigenvalue weighted by Gasteiger charge is -2.34. The second-order valence-corrected chi connectivity index (χ2v) is 9.25. The maximum Gasteiger partial charge on any atom is 0.283 e. The molecule has 0 saturated carbocycles. The van der Waals surface area contributed by atoms with Crippen molar-refractivity contribution < 1.29 is 23.2 Å². The van der Waals surface area contributed by atoms with Crippen LogP contribution in [0.2, 0.25) is 20.1 Å². The summed E-state index contributed by atoms with van der Waals surface area (Å²) in [6, 6.07) is 12.0. The molecule has 29 heavy (non-hydrogen) atoms. The molecule has 1 atom stereocenters. The topological polar surface area (TPSA) is 94.8 Å². The first-order chi connectivity index (χ1) is 13.5. The average molecular weight is 494 g/mol. The maximum atomic E-state index is 13.0. The number of phenolic OH excluding ortho intramolecular Hbond substituents is 2.